The van der Waals surface area contributed by atoms with Gasteiger partial charge in [-0.05, 0) is 0 Å². The average molecular weight is 537 g/mol. The summed E-state index contributed by atoms with van der Waals surface area (Å²) in [6.07, 6.45) is 2.94. The van der Waals surface area contributed by atoms with Gasteiger partial charge in [-0.3, -0.25) is 0 Å². The summed E-state index contributed by atoms with van der Waals surface area (Å²) in [7, 11) is 1.34. The Morgan fingerprint density at radius 2 is 2.04 bits per heavy atom. The van der Waals surface area contributed by atoms with Crippen molar-refractivity contribution in [2.75, 3.05) is 10.2 Å². The summed E-state index contributed by atoms with van der Waals surface area (Å²) in [5.41, 5.74) is 0.373. The van der Waals surface area contributed by atoms with Crippen LogP contribution in [0.1, 0.15) is 11.1 Å². The Hall–Kier alpha value is -2.37. The number of anilines is 1. The van der Waals surface area contributed by atoms with Gasteiger partial charge in [-0.1, -0.05) is 0 Å². The maximum atomic E-state index is 13.7. The molecule has 9 heteroatoms. The van der Waals surface area contributed by atoms with Crippen molar-refractivity contribution in [2.24, 2.45) is 0 Å². The Labute approximate surface area is 158 Å². The molecule has 0 amide bonds. The second-order valence-corrected chi connectivity index (χ2v) is 6.01. The number of nitrogens with one attached hydrogen (secondary N) is 2. The third kappa shape index (κ3) is 4.38. The number of halogens is 2. The van der Waals surface area contributed by atoms with Crippen molar-refractivity contribution < 1.29 is 18.4 Å². The molecule has 0 saturated heterocycles. The number of ether oxygens (including phenoxy) is 1. The van der Waals surface area contributed by atoms with Gasteiger partial charge in [-0.15, -0.1) is 0 Å². The molecule has 0 spiro atoms. The number of hydrogen-bond donors (Lipinski definition) is 2. The normalized spacial score (nSPS) is 10.6. The van der Waals surface area contributed by atoms with E-state index in [2.05, 4.69) is 3.13 Å². The molecule has 0 fully saturated rings. The van der Waals surface area contributed by atoms with Crippen molar-refractivity contribution in [2.45, 2.75) is 0 Å². The predicted octanol–water partition coefficient (Wildman–Crippen LogP) is 3.46. The van der Waals surface area contributed by atoms with Gasteiger partial charge in [-0.25, -0.2) is 0 Å². The first kappa shape index (κ1) is 19.0. The average Bonchev–Trinajstić information content (AvgIpc) is 2.59. The topological polar surface area (TPSA) is 88.2 Å². The number of rotatable bonds is 6. The minimum absolute atomic E-state index is 0.0467. The molecule has 0 saturated carbocycles. The van der Waals surface area contributed by atoms with Crippen LogP contribution < -0.4 is 7.86 Å². The molecule has 6 nitrogen and oxygen atoms in total. The first-order valence-electron chi connectivity index (χ1n) is 6.92. The van der Waals surface area contributed by atoms with Crippen LogP contribution in [0.2, 0.25) is 0 Å². The summed E-state index contributed by atoms with van der Waals surface area (Å²) in [4.78, 5) is 10.1. The second kappa shape index (κ2) is 8.14. The number of nitro benzene ring substituents is 1. The van der Waals surface area contributed by atoms with Gasteiger partial charge >= 0.3 is 158 Å². The first-order valence-corrected chi connectivity index (χ1v) is 9.17. The number of nitrogens with zero attached hydrogens (tertiary/aromatic N) is 1. The monoisotopic (exact) mass is 537 g/mol. The van der Waals surface area contributed by atoms with Crippen LogP contribution in [-0.2, 0) is 0 Å². The van der Waals surface area contributed by atoms with Crippen molar-refractivity contribution in [1.82, 2.24) is 0 Å². The molecule has 2 N–H and O–H groups in total. The summed E-state index contributed by atoms with van der Waals surface area (Å²) in [6, 6.07) is 6.23. The summed E-state index contributed by atoms with van der Waals surface area (Å²) in [5, 5.41) is 19.0. The summed E-state index contributed by atoms with van der Waals surface area (Å²) in [6.45, 7) is 0. The van der Waals surface area contributed by atoms with E-state index in [1.165, 1.54) is 31.4 Å². The molecule has 0 radical (unpaired) electrons. The van der Waals surface area contributed by atoms with Gasteiger partial charge in [0.15, 0.2) is 0 Å². The Bertz CT molecular complexity index is 872. The third-order valence-corrected chi connectivity index (χ3v) is 4.56. The second-order valence-electron chi connectivity index (χ2n) is 4.89. The van der Waals surface area contributed by atoms with Crippen LogP contribution in [0.3, 0.4) is 0 Å². The van der Waals surface area contributed by atoms with Gasteiger partial charge in [-0.2, -0.15) is 0 Å². The zero-order valence-corrected chi connectivity index (χ0v) is 17.5. The first-order chi connectivity index (χ1) is 11.9. The van der Waals surface area contributed by atoms with E-state index < -0.39 is 22.2 Å². The van der Waals surface area contributed by atoms with Gasteiger partial charge in [0.1, 0.15) is 0 Å². The molecule has 2 aromatic rings. The number of benzene rings is 2. The molecule has 2 aromatic carbocycles. The maximum absolute atomic E-state index is 13.7. The SMILES string of the molecule is COc1cc(/C=C/C(=N)c2cc([N+](=O)[O-])c(F)cc2[NH][Tl])ccc1F. The van der Waals surface area contributed by atoms with Gasteiger partial charge in [0, 0.05) is 0 Å². The van der Waals surface area contributed by atoms with Crippen molar-refractivity contribution >= 4 is 49.2 Å². The van der Waals surface area contributed by atoms with Gasteiger partial charge < -0.3 is 0 Å². The number of methoxy groups -OCH3 is 1. The zero-order chi connectivity index (χ0) is 18.6. The van der Waals surface area contributed by atoms with E-state index in [0.717, 1.165) is 12.1 Å². The van der Waals surface area contributed by atoms with Crippen molar-refractivity contribution in [3.8, 4) is 5.75 Å². The summed E-state index contributed by atoms with van der Waals surface area (Å²) < 4.78 is 34.9. The molecule has 0 atom stereocenters. The van der Waals surface area contributed by atoms with E-state index in [4.69, 9.17) is 10.1 Å². The predicted molar refractivity (Wildman–Crippen MR) is 91.2 cm³/mol. The number of nitro groups is 1. The fourth-order valence-electron chi connectivity index (χ4n) is 2.09. The van der Waals surface area contributed by atoms with Gasteiger partial charge in [0.05, 0.1) is 0 Å². The van der Waals surface area contributed by atoms with Crippen LogP contribution in [0.25, 0.3) is 6.08 Å². The van der Waals surface area contributed by atoms with Gasteiger partial charge in [0.2, 0.25) is 0 Å². The molecular weight excluding hydrogens is 525 g/mol. The van der Waals surface area contributed by atoms with Crippen LogP contribution in [0, 0.1) is 27.2 Å². The fraction of sp³-hybridized carbons (Fsp3) is 0.0625. The molecule has 0 bridgehead atoms. The quantitative estimate of drug-likeness (QED) is 0.256. The third-order valence-electron chi connectivity index (χ3n) is 3.35. The number of hydrogen-bond acceptors (Lipinski definition) is 5. The molecular formula is C16H12F2N3O3Tl. The fourth-order valence-corrected chi connectivity index (χ4v) is 3.02. The van der Waals surface area contributed by atoms with Crippen LogP contribution >= 0.6 is 0 Å². The van der Waals surface area contributed by atoms with Crippen molar-refractivity contribution in [1.29, 1.82) is 5.41 Å². The van der Waals surface area contributed by atoms with E-state index in [0.29, 0.717) is 11.3 Å². The molecule has 25 heavy (non-hydrogen) atoms. The summed E-state index contributed by atoms with van der Waals surface area (Å²) in [5.74, 6) is -1.40. The van der Waals surface area contributed by atoms with E-state index in [9.17, 15) is 18.9 Å². The van der Waals surface area contributed by atoms with E-state index >= 15 is 0 Å². The van der Waals surface area contributed by atoms with Crippen LogP contribution in [0.5, 0.6) is 5.75 Å². The molecule has 0 heterocycles. The molecule has 0 aliphatic carbocycles. The van der Waals surface area contributed by atoms with Crippen LogP contribution in [-0.4, -0.2) is 43.8 Å². The van der Waals surface area contributed by atoms with E-state index in [1.807, 2.05) is 0 Å². The Balaban J connectivity index is 2.37. The molecule has 0 aliphatic heterocycles. The van der Waals surface area contributed by atoms with E-state index in [1.54, 1.807) is 6.08 Å². The van der Waals surface area contributed by atoms with Crippen LogP contribution in [0.4, 0.5) is 20.2 Å². The number of allylic oxidation sites excluding steroid dienone is 1. The van der Waals surface area contributed by atoms with Crippen molar-refractivity contribution in [3.05, 3.63) is 69.3 Å². The zero-order valence-electron chi connectivity index (χ0n) is 13.0. The Kier molecular flexibility index (Phi) is 6.18. The summed E-state index contributed by atoms with van der Waals surface area (Å²) >= 11 is 0.266. The van der Waals surface area contributed by atoms with E-state index in [-0.39, 0.29) is 43.1 Å². The Morgan fingerprint density at radius 3 is 2.64 bits per heavy atom. The van der Waals surface area contributed by atoms with Gasteiger partial charge in [0.25, 0.3) is 0 Å². The molecule has 0 unspecified atom stereocenters. The molecule has 0 aliphatic rings. The molecule has 126 valence electrons. The van der Waals surface area contributed by atoms with Crippen molar-refractivity contribution in [3.63, 3.8) is 0 Å². The molecule has 2 rings (SSSR count). The standard InChI is InChI=1S/C16H12F2N3O3.Tl/c1-24-16-6-9(2-4-11(16)17)3-5-13(19)10-7-15(21(22)23)12(18)8-14(10)20;/h2-8,19-20H,1H3;/q-1;+1/b5-3+,19-13?;. The Morgan fingerprint density at radius 1 is 1.32 bits per heavy atom. The minimum atomic E-state index is -0.961. The van der Waals surface area contributed by atoms with Crippen LogP contribution in [0.15, 0.2) is 36.4 Å². The molecule has 0 aromatic heterocycles.